The second kappa shape index (κ2) is 8.39. The summed E-state index contributed by atoms with van der Waals surface area (Å²) in [5.74, 6) is 1.35. The number of aromatic nitrogens is 3. The van der Waals surface area contributed by atoms with Crippen molar-refractivity contribution < 1.29 is 14.6 Å². The molecule has 0 saturated heterocycles. The number of carbonyl (C=O) groups excluding carboxylic acids is 1. The normalized spacial score (nSPS) is 10.5. The number of ether oxygens (including phenoxy) is 1. The van der Waals surface area contributed by atoms with E-state index in [1.54, 1.807) is 48.5 Å². The fraction of sp³-hybridized carbons (Fsp3) is 0.167. The van der Waals surface area contributed by atoms with Crippen LogP contribution in [-0.4, -0.2) is 38.6 Å². The van der Waals surface area contributed by atoms with Crippen molar-refractivity contribution in [3.8, 4) is 22.9 Å². The minimum Gasteiger partial charge on any atom is -0.507 e. The third kappa shape index (κ3) is 4.54. The van der Waals surface area contributed by atoms with E-state index in [-0.39, 0.29) is 17.4 Å². The summed E-state index contributed by atoms with van der Waals surface area (Å²) >= 11 is 1.21. The zero-order valence-electron chi connectivity index (χ0n) is 14.1. The van der Waals surface area contributed by atoms with E-state index in [0.29, 0.717) is 28.8 Å². The molecule has 0 fully saturated rings. The number of amides is 1. The van der Waals surface area contributed by atoms with Gasteiger partial charge in [-0.05, 0) is 43.3 Å². The van der Waals surface area contributed by atoms with Crippen LogP contribution in [0.1, 0.15) is 6.92 Å². The largest absolute Gasteiger partial charge is 0.507 e. The second-order valence-corrected chi connectivity index (χ2v) is 6.22. The summed E-state index contributed by atoms with van der Waals surface area (Å²) in [5, 5.41) is 19.9. The first kappa shape index (κ1) is 17.8. The number of hydrogen-bond acceptors (Lipinski definition) is 6. The maximum absolute atomic E-state index is 12.1. The summed E-state index contributed by atoms with van der Waals surface area (Å²) in [6.07, 6.45) is 0. The third-order valence-electron chi connectivity index (χ3n) is 3.41. The topological polar surface area (TPSA) is 100 Å². The van der Waals surface area contributed by atoms with Gasteiger partial charge in [-0.15, -0.1) is 5.10 Å². The van der Waals surface area contributed by atoms with E-state index in [1.165, 1.54) is 11.8 Å². The predicted octanol–water partition coefficient (Wildman–Crippen LogP) is 3.31. The highest BCUT2D eigenvalue weighted by atomic mass is 32.2. The maximum atomic E-state index is 12.1. The summed E-state index contributed by atoms with van der Waals surface area (Å²) in [4.78, 5) is 16.4. The van der Waals surface area contributed by atoms with Crippen LogP contribution < -0.4 is 10.1 Å². The van der Waals surface area contributed by atoms with Crippen LogP contribution in [0.3, 0.4) is 0 Å². The van der Waals surface area contributed by atoms with Gasteiger partial charge in [0.05, 0.1) is 17.9 Å². The Labute approximate surface area is 154 Å². The molecule has 0 radical (unpaired) electrons. The Morgan fingerprint density at radius 2 is 2.00 bits per heavy atom. The van der Waals surface area contributed by atoms with Crippen molar-refractivity contribution in [3.05, 3.63) is 48.5 Å². The van der Waals surface area contributed by atoms with Crippen molar-refractivity contribution in [3.63, 3.8) is 0 Å². The Morgan fingerprint density at radius 3 is 2.73 bits per heavy atom. The van der Waals surface area contributed by atoms with E-state index < -0.39 is 0 Å². The molecule has 134 valence electrons. The Hall–Kier alpha value is -3.00. The van der Waals surface area contributed by atoms with Crippen LogP contribution in [0.25, 0.3) is 11.4 Å². The minimum absolute atomic E-state index is 0.119. The van der Waals surface area contributed by atoms with Crippen molar-refractivity contribution in [2.45, 2.75) is 12.1 Å². The number of hydrogen-bond donors (Lipinski definition) is 3. The number of para-hydroxylation sites is 1. The molecule has 8 heteroatoms. The smallest absolute Gasteiger partial charge is 0.234 e. The summed E-state index contributed by atoms with van der Waals surface area (Å²) < 4.78 is 5.36. The number of rotatable bonds is 7. The lowest BCUT2D eigenvalue weighted by Crippen LogP contribution is -2.14. The Bertz CT molecular complexity index is 880. The van der Waals surface area contributed by atoms with Crippen LogP contribution in [0.2, 0.25) is 0 Å². The average Bonchev–Trinajstić information content (AvgIpc) is 3.11. The van der Waals surface area contributed by atoms with Gasteiger partial charge in [0.1, 0.15) is 11.5 Å². The van der Waals surface area contributed by atoms with E-state index in [1.807, 2.05) is 6.92 Å². The Kier molecular flexibility index (Phi) is 5.75. The highest BCUT2D eigenvalue weighted by Gasteiger charge is 2.11. The number of carbonyl (C=O) groups is 1. The number of phenols is 1. The first-order valence-corrected chi connectivity index (χ1v) is 9.00. The average molecular weight is 370 g/mol. The molecule has 3 aromatic rings. The molecule has 7 nitrogen and oxygen atoms in total. The monoisotopic (exact) mass is 370 g/mol. The highest BCUT2D eigenvalue weighted by Crippen LogP contribution is 2.27. The van der Waals surface area contributed by atoms with Crippen LogP contribution in [0.4, 0.5) is 5.69 Å². The van der Waals surface area contributed by atoms with Crippen molar-refractivity contribution in [2.75, 3.05) is 17.7 Å². The lowest BCUT2D eigenvalue weighted by molar-refractivity contribution is -0.113. The summed E-state index contributed by atoms with van der Waals surface area (Å²) in [5.41, 5.74) is 1.26. The van der Waals surface area contributed by atoms with Gasteiger partial charge in [-0.1, -0.05) is 23.9 Å². The van der Waals surface area contributed by atoms with Gasteiger partial charge in [-0.25, -0.2) is 4.98 Å². The second-order valence-electron chi connectivity index (χ2n) is 5.28. The van der Waals surface area contributed by atoms with Gasteiger partial charge < -0.3 is 15.2 Å². The molecule has 0 aliphatic heterocycles. The van der Waals surface area contributed by atoms with Gasteiger partial charge in [-0.3, -0.25) is 9.89 Å². The van der Waals surface area contributed by atoms with Crippen molar-refractivity contribution in [1.82, 2.24) is 15.2 Å². The molecule has 2 aromatic carbocycles. The number of phenolic OH excluding ortho intramolecular Hbond substituents is 1. The molecule has 0 spiro atoms. The zero-order chi connectivity index (χ0) is 18.4. The Balaban J connectivity index is 1.54. The number of H-pyrrole nitrogens is 1. The van der Waals surface area contributed by atoms with E-state index in [0.717, 1.165) is 5.75 Å². The van der Waals surface area contributed by atoms with E-state index >= 15 is 0 Å². The standard InChI is InChI=1S/C18H18N4O3S/c1-2-25-13-9-7-12(8-10-13)19-16(24)11-26-18-20-17(21-22-18)14-5-3-4-6-15(14)23/h3-10,23H,2,11H2,1H3,(H,19,24)(H,20,21,22). The van der Waals surface area contributed by atoms with Gasteiger partial charge in [0.25, 0.3) is 0 Å². The number of benzene rings is 2. The molecule has 0 saturated carbocycles. The van der Waals surface area contributed by atoms with Crippen LogP contribution >= 0.6 is 11.8 Å². The molecule has 0 atom stereocenters. The summed E-state index contributed by atoms with van der Waals surface area (Å²) in [6, 6.07) is 14.0. The molecule has 3 rings (SSSR count). The maximum Gasteiger partial charge on any atom is 0.234 e. The number of thioether (sulfide) groups is 1. The van der Waals surface area contributed by atoms with E-state index in [2.05, 4.69) is 20.5 Å². The lowest BCUT2D eigenvalue weighted by atomic mass is 10.2. The molecule has 1 aromatic heterocycles. The lowest BCUT2D eigenvalue weighted by Gasteiger charge is -2.06. The van der Waals surface area contributed by atoms with Crippen molar-refractivity contribution in [1.29, 1.82) is 0 Å². The molecule has 0 bridgehead atoms. The van der Waals surface area contributed by atoms with Gasteiger partial charge in [-0.2, -0.15) is 0 Å². The molecular weight excluding hydrogens is 352 g/mol. The van der Waals surface area contributed by atoms with Crippen LogP contribution in [0, 0.1) is 0 Å². The number of anilines is 1. The number of aromatic hydroxyl groups is 1. The summed E-state index contributed by atoms with van der Waals surface area (Å²) in [7, 11) is 0. The van der Waals surface area contributed by atoms with Gasteiger partial charge >= 0.3 is 0 Å². The first-order valence-electron chi connectivity index (χ1n) is 8.02. The Morgan fingerprint density at radius 1 is 1.23 bits per heavy atom. The van der Waals surface area contributed by atoms with Crippen molar-refractivity contribution >= 4 is 23.4 Å². The molecule has 1 heterocycles. The van der Waals surface area contributed by atoms with Gasteiger partial charge in [0.15, 0.2) is 5.82 Å². The number of nitrogens with one attached hydrogen (secondary N) is 2. The fourth-order valence-electron chi connectivity index (χ4n) is 2.23. The molecule has 0 aliphatic rings. The molecule has 0 unspecified atom stereocenters. The fourth-order valence-corrected chi connectivity index (χ4v) is 2.83. The molecule has 0 aliphatic carbocycles. The SMILES string of the molecule is CCOc1ccc(NC(=O)CSc2n[nH]c(-c3ccccc3O)n2)cc1. The van der Waals surface area contributed by atoms with E-state index in [4.69, 9.17) is 4.74 Å². The first-order chi connectivity index (χ1) is 12.7. The number of aromatic amines is 1. The van der Waals surface area contributed by atoms with E-state index in [9.17, 15) is 9.90 Å². The van der Waals surface area contributed by atoms with Crippen LogP contribution in [0.15, 0.2) is 53.7 Å². The highest BCUT2D eigenvalue weighted by molar-refractivity contribution is 7.99. The van der Waals surface area contributed by atoms with Gasteiger partial charge in [0.2, 0.25) is 11.1 Å². The molecule has 3 N–H and O–H groups in total. The minimum atomic E-state index is -0.159. The number of nitrogens with zero attached hydrogens (tertiary/aromatic N) is 2. The molecule has 26 heavy (non-hydrogen) atoms. The third-order valence-corrected chi connectivity index (χ3v) is 4.25. The van der Waals surface area contributed by atoms with Crippen LogP contribution in [0.5, 0.6) is 11.5 Å². The molecular formula is C18H18N4O3S. The quantitative estimate of drug-likeness (QED) is 0.552. The predicted molar refractivity (Wildman–Crippen MR) is 100 cm³/mol. The zero-order valence-corrected chi connectivity index (χ0v) is 14.9. The van der Waals surface area contributed by atoms with Gasteiger partial charge in [0, 0.05) is 5.69 Å². The van der Waals surface area contributed by atoms with Crippen molar-refractivity contribution in [2.24, 2.45) is 0 Å². The molecule has 1 amide bonds. The van der Waals surface area contributed by atoms with Crippen LogP contribution in [-0.2, 0) is 4.79 Å². The summed E-state index contributed by atoms with van der Waals surface area (Å²) in [6.45, 7) is 2.52.